The van der Waals surface area contributed by atoms with Gasteiger partial charge in [-0.3, -0.25) is 15.0 Å². The number of nitrogens with zero attached hydrogens (tertiary/aromatic N) is 2. The van der Waals surface area contributed by atoms with Gasteiger partial charge in [0.2, 0.25) is 0 Å². The summed E-state index contributed by atoms with van der Waals surface area (Å²) in [4.78, 5) is 34.7. The molecule has 24 heavy (non-hydrogen) atoms. The number of benzene rings is 2. The van der Waals surface area contributed by atoms with E-state index in [1.807, 2.05) is 6.07 Å². The first-order valence-electron chi connectivity index (χ1n) is 6.87. The molecule has 1 N–H and O–H groups in total. The van der Waals surface area contributed by atoms with Crippen LogP contribution in [0.2, 0.25) is 0 Å². The zero-order valence-electron chi connectivity index (χ0n) is 12.7. The molecule has 0 aliphatic rings. The van der Waals surface area contributed by atoms with E-state index in [4.69, 9.17) is 4.74 Å². The summed E-state index contributed by atoms with van der Waals surface area (Å²) in [6, 6.07) is 12.4. The van der Waals surface area contributed by atoms with Crippen LogP contribution in [0, 0.1) is 10.1 Å². The lowest BCUT2D eigenvalue weighted by atomic mass is 10.1. The van der Waals surface area contributed by atoms with Crippen LogP contribution in [0.15, 0.2) is 48.5 Å². The molecular formula is C16H14N2O6. The molecule has 1 amide bonds. The normalized spacial score (nSPS) is 10.0. The van der Waals surface area contributed by atoms with E-state index in [1.165, 1.54) is 19.2 Å². The molecule has 2 aromatic rings. The Morgan fingerprint density at radius 2 is 1.83 bits per heavy atom. The molecule has 2 aromatic carbocycles. The summed E-state index contributed by atoms with van der Waals surface area (Å²) < 4.78 is 5.09. The number of carboxylic acid groups (broad SMARTS) is 1. The highest BCUT2D eigenvalue weighted by Crippen LogP contribution is 2.31. The minimum absolute atomic E-state index is 0.0347. The van der Waals surface area contributed by atoms with Gasteiger partial charge in [-0.1, -0.05) is 36.4 Å². The number of rotatable bonds is 5. The summed E-state index contributed by atoms with van der Waals surface area (Å²) in [5, 5.41) is 20.3. The number of amides is 1. The van der Waals surface area contributed by atoms with Crippen LogP contribution in [0.5, 0.6) is 0 Å². The molecule has 0 saturated carbocycles. The number of hydrogen-bond donors (Lipinski definition) is 1. The van der Waals surface area contributed by atoms with Crippen molar-refractivity contribution in [2.75, 3.05) is 11.9 Å². The van der Waals surface area contributed by atoms with Crippen LogP contribution in [-0.2, 0) is 11.3 Å². The molecule has 0 saturated heterocycles. The fourth-order valence-electron chi connectivity index (χ4n) is 2.11. The van der Waals surface area contributed by atoms with Crippen LogP contribution in [0.25, 0.3) is 0 Å². The van der Waals surface area contributed by atoms with E-state index in [0.717, 1.165) is 16.5 Å². The zero-order chi connectivity index (χ0) is 17.7. The van der Waals surface area contributed by atoms with Gasteiger partial charge in [0.25, 0.3) is 5.69 Å². The second-order valence-electron chi connectivity index (χ2n) is 4.83. The third kappa shape index (κ3) is 3.67. The van der Waals surface area contributed by atoms with Crippen molar-refractivity contribution in [3.8, 4) is 0 Å². The van der Waals surface area contributed by atoms with Crippen molar-refractivity contribution in [1.82, 2.24) is 0 Å². The van der Waals surface area contributed by atoms with Crippen molar-refractivity contribution in [1.29, 1.82) is 0 Å². The molecule has 0 aliphatic carbocycles. The van der Waals surface area contributed by atoms with Crippen molar-refractivity contribution >= 4 is 23.4 Å². The number of anilines is 1. The second kappa shape index (κ2) is 7.23. The van der Waals surface area contributed by atoms with Crippen LogP contribution in [0.4, 0.5) is 16.2 Å². The molecule has 0 radical (unpaired) electrons. The van der Waals surface area contributed by atoms with E-state index >= 15 is 0 Å². The van der Waals surface area contributed by atoms with Crippen LogP contribution in [0.1, 0.15) is 15.9 Å². The summed E-state index contributed by atoms with van der Waals surface area (Å²) in [6.07, 6.45) is -0.893. The maximum absolute atomic E-state index is 12.2. The van der Waals surface area contributed by atoms with Gasteiger partial charge in [-0.15, -0.1) is 0 Å². The average molecular weight is 330 g/mol. The predicted molar refractivity (Wildman–Crippen MR) is 85.1 cm³/mol. The first-order valence-corrected chi connectivity index (χ1v) is 6.87. The number of carbonyl (C=O) groups is 2. The van der Waals surface area contributed by atoms with E-state index in [-0.39, 0.29) is 17.9 Å². The van der Waals surface area contributed by atoms with Crippen LogP contribution >= 0.6 is 0 Å². The van der Waals surface area contributed by atoms with Crippen LogP contribution in [0.3, 0.4) is 0 Å². The number of carboxylic acids is 1. The van der Waals surface area contributed by atoms with E-state index in [1.54, 1.807) is 24.3 Å². The smallest absolute Gasteiger partial charge is 0.414 e. The molecule has 0 aromatic heterocycles. The lowest BCUT2D eigenvalue weighted by molar-refractivity contribution is -0.384. The molecular weight excluding hydrogens is 316 g/mol. The van der Waals surface area contributed by atoms with Gasteiger partial charge in [0.05, 0.1) is 10.5 Å². The van der Waals surface area contributed by atoms with Crippen LogP contribution in [-0.4, -0.2) is 29.1 Å². The number of para-hydroxylation sites is 1. The summed E-state index contributed by atoms with van der Waals surface area (Å²) in [7, 11) is 1.22. The molecule has 0 aliphatic heterocycles. The van der Waals surface area contributed by atoms with Gasteiger partial charge in [0.15, 0.2) is 0 Å². The molecule has 0 atom stereocenters. The number of carbonyl (C=O) groups excluding carboxylic acids is 1. The third-order valence-corrected chi connectivity index (χ3v) is 3.26. The maximum Gasteiger partial charge on any atom is 0.414 e. The Bertz CT molecular complexity index is 743. The monoisotopic (exact) mass is 330 g/mol. The Morgan fingerprint density at radius 3 is 2.42 bits per heavy atom. The SMILES string of the molecule is CN(C(=O)OCc1ccccc1)c1c(C(=O)O)cccc1[N+](=O)[O-]. The average Bonchev–Trinajstić information content (AvgIpc) is 2.59. The largest absolute Gasteiger partial charge is 0.478 e. The predicted octanol–water partition coefficient (Wildman–Crippen LogP) is 3.07. The number of nitro groups is 1. The molecule has 0 bridgehead atoms. The first kappa shape index (κ1) is 16.9. The molecule has 0 spiro atoms. The van der Waals surface area contributed by atoms with Crippen molar-refractivity contribution in [3.05, 3.63) is 69.8 Å². The van der Waals surface area contributed by atoms with Crippen molar-refractivity contribution in [3.63, 3.8) is 0 Å². The van der Waals surface area contributed by atoms with Gasteiger partial charge in [0.1, 0.15) is 12.3 Å². The second-order valence-corrected chi connectivity index (χ2v) is 4.83. The van der Waals surface area contributed by atoms with Gasteiger partial charge < -0.3 is 9.84 Å². The van der Waals surface area contributed by atoms with Gasteiger partial charge in [-0.05, 0) is 11.6 Å². The molecule has 2 rings (SSSR count). The van der Waals surface area contributed by atoms with Gasteiger partial charge in [-0.25, -0.2) is 9.59 Å². The Hall–Kier alpha value is -3.42. The molecule has 0 heterocycles. The van der Waals surface area contributed by atoms with Gasteiger partial charge >= 0.3 is 12.1 Å². The summed E-state index contributed by atoms with van der Waals surface area (Å²) >= 11 is 0. The molecule has 0 unspecified atom stereocenters. The van der Waals surface area contributed by atoms with Crippen molar-refractivity contribution in [2.24, 2.45) is 0 Å². The molecule has 0 fully saturated rings. The Kier molecular flexibility index (Phi) is 5.10. The minimum Gasteiger partial charge on any atom is -0.478 e. The number of nitro benzene ring substituents is 1. The van der Waals surface area contributed by atoms with Gasteiger partial charge in [-0.2, -0.15) is 0 Å². The highest BCUT2D eigenvalue weighted by atomic mass is 16.6. The topological polar surface area (TPSA) is 110 Å². The van der Waals surface area contributed by atoms with E-state index in [0.29, 0.717) is 0 Å². The lowest BCUT2D eigenvalue weighted by Crippen LogP contribution is -2.29. The minimum atomic E-state index is -1.38. The highest BCUT2D eigenvalue weighted by Gasteiger charge is 2.28. The van der Waals surface area contributed by atoms with Gasteiger partial charge in [0, 0.05) is 13.1 Å². The van der Waals surface area contributed by atoms with E-state index in [2.05, 4.69) is 0 Å². The van der Waals surface area contributed by atoms with Crippen LogP contribution < -0.4 is 4.90 Å². The Balaban J connectivity index is 2.27. The quantitative estimate of drug-likeness (QED) is 0.666. The maximum atomic E-state index is 12.2. The molecule has 8 heteroatoms. The molecule has 124 valence electrons. The standard InChI is InChI=1S/C16H14N2O6/c1-17(16(21)24-10-11-6-3-2-4-7-11)14-12(15(19)20)8-5-9-13(14)18(22)23/h2-9H,10H2,1H3,(H,19,20). The van der Waals surface area contributed by atoms with E-state index < -0.39 is 22.7 Å². The fourth-order valence-corrected chi connectivity index (χ4v) is 2.11. The lowest BCUT2D eigenvalue weighted by Gasteiger charge is -2.18. The summed E-state index contributed by atoms with van der Waals surface area (Å²) in [6.45, 7) is -0.0347. The highest BCUT2D eigenvalue weighted by molar-refractivity contribution is 6.02. The van der Waals surface area contributed by atoms with Crippen molar-refractivity contribution < 1.29 is 24.4 Å². The summed E-state index contributed by atoms with van der Waals surface area (Å²) in [5.74, 6) is -1.38. The van der Waals surface area contributed by atoms with Crippen molar-refractivity contribution in [2.45, 2.75) is 6.61 Å². The number of hydrogen-bond acceptors (Lipinski definition) is 5. The molecule has 8 nitrogen and oxygen atoms in total. The fraction of sp³-hybridized carbons (Fsp3) is 0.125. The first-order chi connectivity index (χ1) is 11.4. The number of aromatic carboxylic acids is 1. The Morgan fingerprint density at radius 1 is 1.17 bits per heavy atom. The zero-order valence-corrected chi connectivity index (χ0v) is 12.7. The third-order valence-electron chi connectivity index (χ3n) is 3.26. The summed E-state index contributed by atoms with van der Waals surface area (Å²) in [5.41, 5.74) is -0.439. The Labute approximate surface area is 137 Å². The number of ether oxygens (including phenoxy) is 1. The van der Waals surface area contributed by atoms with E-state index in [9.17, 15) is 24.8 Å².